The standard InChI is InChI=1S/C30H51NO3/c1-29-18-17-23(32)19-22(29)13-14-24-25-15-16-26(33)30(25,2)20-21(28(24)29)11-9-7-5-6-8-10-12-27(34)31(3)4/h21-22,24-26,28,33H,5-20H2,1-4H3/t21-,22-,24-,25-,26-,28-,29-,30-/m0/s1. The molecule has 0 aromatic carbocycles. The molecular weight excluding hydrogens is 422 g/mol. The molecule has 0 radical (unpaired) electrons. The van der Waals surface area contributed by atoms with E-state index in [0.717, 1.165) is 50.4 Å². The molecule has 194 valence electrons. The second kappa shape index (κ2) is 10.6. The second-order valence-electron chi connectivity index (χ2n) is 13.3. The lowest BCUT2D eigenvalue weighted by Crippen LogP contribution is -2.57. The van der Waals surface area contributed by atoms with Gasteiger partial charge >= 0.3 is 0 Å². The summed E-state index contributed by atoms with van der Waals surface area (Å²) < 4.78 is 0. The third-order valence-electron chi connectivity index (χ3n) is 11.2. The van der Waals surface area contributed by atoms with Gasteiger partial charge in [0.25, 0.3) is 0 Å². The van der Waals surface area contributed by atoms with E-state index in [1.807, 2.05) is 14.1 Å². The van der Waals surface area contributed by atoms with Crippen LogP contribution in [0.5, 0.6) is 0 Å². The molecule has 34 heavy (non-hydrogen) atoms. The van der Waals surface area contributed by atoms with Crippen molar-refractivity contribution < 1.29 is 14.7 Å². The van der Waals surface area contributed by atoms with Crippen LogP contribution in [0, 0.1) is 40.4 Å². The van der Waals surface area contributed by atoms with Crippen molar-refractivity contribution in [1.82, 2.24) is 4.90 Å². The van der Waals surface area contributed by atoms with Gasteiger partial charge in [-0.25, -0.2) is 0 Å². The number of fused-ring (bicyclic) bond motifs is 5. The van der Waals surface area contributed by atoms with Crippen LogP contribution in [-0.2, 0) is 9.59 Å². The molecule has 4 heteroatoms. The van der Waals surface area contributed by atoms with Crippen LogP contribution < -0.4 is 0 Å². The number of carbonyl (C=O) groups is 2. The molecule has 8 atom stereocenters. The molecule has 1 amide bonds. The summed E-state index contributed by atoms with van der Waals surface area (Å²) in [5.74, 6) is 4.24. The highest BCUT2D eigenvalue weighted by molar-refractivity contribution is 5.79. The maximum atomic E-state index is 12.3. The summed E-state index contributed by atoms with van der Waals surface area (Å²) >= 11 is 0. The largest absolute Gasteiger partial charge is 0.393 e. The van der Waals surface area contributed by atoms with Crippen LogP contribution in [-0.4, -0.2) is 41.9 Å². The number of Topliss-reactive ketones (excluding diaryl/α,β-unsaturated/α-hetero) is 1. The third kappa shape index (κ3) is 5.00. The molecule has 0 aromatic rings. The van der Waals surface area contributed by atoms with Crippen molar-refractivity contribution in [3.8, 4) is 0 Å². The minimum absolute atomic E-state index is 0.110. The van der Waals surface area contributed by atoms with Crippen LogP contribution in [0.1, 0.15) is 117 Å². The fraction of sp³-hybridized carbons (Fsp3) is 0.933. The summed E-state index contributed by atoms with van der Waals surface area (Å²) in [7, 11) is 3.68. The normalized spacial score (nSPS) is 41.5. The second-order valence-corrected chi connectivity index (χ2v) is 13.3. The van der Waals surface area contributed by atoms with Crippen LogP contribution in [0.2, 0.25) is 0 Å². The number of hydrogen-bond acceptors (Lipinski definition) is 3. The number of rotatable bonds is 9. The smallest absolute Gasteiger partial charge is 0.222 e. The first-order chi connectivity index (χ1) is 16.2. The van der Waals surface area contributed by atoms with Gasteiger partial charge in [0.1, 0.15) is 5.78 Å². The Hall–Kier alpha value is -0.900. The van der Waals surface area contributed by atoms with Gasteiger partial charge in [-0.3, -0.25) is 9.59 Å². The van der Waals surface area contributed by atoms with Gasteiger partial charge < -0.3 is 10.0 Å². The zero-order valence-corrected chi connectivity index (χ0v) is 22.5. The molecule has 4 aliphatic carbocycles. The maximum absolute atomic E-state index is 12.3. The van der Waals surface area contributed by atoms with Gasteiger partial charge in [-0.1, -0.05) is 52.4 Å². The van der Waals surface area contributed by atoms with Gasteiger partial charge in [-0.15, -0.1) is 0 Å². The first-order valence-electron chi connectivity index (χ1n) is 14.6. The van der Waals surface area contributed by atoms with E-state index in [1.165, 1.54) is 57.8 Å². The van der Waals surface area contributed by atoms with Gasteiger partial charge in [0.05, 0.1) is 6.10 Å². The van der Waals surface area contributed by atoms with Crippen LogP contribution >= 0.6 is 0 Å². The topological polar surface area (TPSA) is 57.6 Å². The van der Waals surface area contributed by atoms with Crippen molar-refractivity contribution in [3.05, 3.63) is 0 Å². The van der Waals surface area contributed by atoms with Crippen molar-refractivity contribution in [3.63, 3.8) is 0 Å². The number of ketones is 1. The number of amides is 1. The van der Waals surface area contributed by atoms with E-state index < -0.39 is 0 Å². The first kappa shape index (κ1) is 26.2. The predicted molar refractivity (Wildman–Crippen MR) is 137 cm³/mol. The summed E-state index contributed by atoms with van der Waals surface area (Å²) in [5, 5.41) is 11.0. The zero-order chi connectivity index (χ0) is 24.5. The minimum atomic E-state index is -0.121. The van der Waals surface area contributed by atoms with Gasteiger partial charge in [0, 0.05) is 33.4 Å². The Morgan fingerprint density at radius 1 is 0.971 bits per heavy atom. The first-order valence-corrected chi connectivity index (χ1v) is 14.6. The monoisotopic (exact) mass is 473 g/mol. The Kier molecular flexibility index (Phi) is 8.17. The summed E-state index contributed by atoms with van der Waals surface area (Å²) in [4.78, 5) is 25.7. The molecule has 0 unspecified atom stereocenters. The molecule has 0 spiro atoms. The van der Waals surface area contributed by atoms with Crippen LogP contribution in [0.25, 0.3) is 0 Å². The van der Waals surface area contributed by atoms with E-state index in [1.54, 1.807) is 4.90 Å². The summed E-state index contributed by atoms with van der Waals surface area (Å²) in [5.41, 5.74) is 0.438. The van der Waals surface area contributed by atoms with Crippen molar-refractivity contribution in [2.24, 2.45) is 40.4 Å². The highest BCUT2D eigenvalue weighted by Gasteiger charge is 2.62. The average Bonchev–Trinajstić information content (AvgIpc) is 3.09. The Bertz CT molecular complexity index is 735. The fourth-order valence-electron chi connectivity index (χ4n) is 9.32. The molecule has 0 heterocycles. The fourth-order valence-corrected chi connectivity index (χ4v) is 9.32. The lowest BCUT2D eigenvalue weighted by atomic mass is 9.42. The minimum Gasteiger partial charge on any atom is -0.393 e. The number of unbranched alkanes of at least 4 members (excludes halogenated alkanes) is 5. The van der Waals surface area contributed by atoms with Crippen LogP contribution in [0.3, 0.4) is 0 Å². The number of carbonyl (C=O) groups excluding carboxylic acids is 2. The number of aliphatic hydroxyl groups is 1. The number of hydrogen-bond donors (Lipinski definition) is 1. The molecular formula is C30H51NO3. The van der Waals surface area contributed by atoms with Gasteiger partial charge in [0.2, 0.25) is 5.91 Å². The molecule has 0 bridgehead atoms. The average molecular weight is 474 g/mol. The van der Waals surface area contributed by atoms with Crippen molar-refractivity contribution in [2.45, 2.75) is 123 Å². The van der Waals surface area contributed by atoms with Gasteiger partial charge in [0.15, 0.2) is 0 Å². The van der Waals surface area contributed by atoms with Gasteiger partial charge in [-0.2, -0.15) is 0 Å². The van der Waals surface area contributed by atoms with Gasteiger partial charge in [-0.05, 0) is 85.4 Å². The molecule has 1 N–H and O–H groups in total. The quantitative estimate of drug-likeness (QED) is 0.395. The predicted octanol–water partition coefficient (Wildman–Crippen LogP) is 6.39. The molecule has 4 aliphatic rings. The van der Waals surface area contributed by atoms with Crippen molar-refractivity contribution in [1.29, 1.82) is 0 Å². The summed E-state index contributed by atoms with van der Waals surface area (Å²) in [6.45, 7) is 4.96. The number of aliphatic hydroxyl groups excluding tert-OH is 1. The molecule has 0 saturated heterocycles. The Balaban J connectivity index is 1.35. The Morgan fingerprint density at radius 2 is 1.68 bits per heavy atom. The van der Waals surface area contributed by atoms with E-state index in [0.29, 0.717) is 35.4 Å². The molecule has 4 nitrogen and oxygen atoms in total. The third-order valence-corrected chi connectivity index (χ3v) is 11.2. The lowest BCUT2D eigenvalue weighted by Gasteiger charge is -2.62. The van der Waals surface area contributed by atoms with E-state index in [-0.39, 0.29) is 17.4 Å². The highest BCUT2D eigenvalue weighted by Crippen LogP contribution is 2.68. The van der Waals surface area contributed by atoms with E-state index in [2.05, 4.69) is 13.8 Å². The molecule has 0 aliphatic heterocycles. The van der Waals surface area contributed by atoms with Crippen molar-refractivity contribution >= 4 is 11.7 Å². The molecule has 0 aromatic heterocycles. The Morgan fingerprint density at radius 3 is 2.41 bits per heavy atom. The summed E-state index contributed by atoms with van der Waals surface area (Å²) in [6.07, 6.45) is 17.8. The van der Waals surface area contributed by atoms with E-state index in [4.69, 9.17) is 0 Å². The number of nitrogens with zero attached hydrogens (tertiary/aromatic N) is 1. The SMILES string of the molecule is CN(C)C(=O)CCCCCCCC[C@H]1C[C@]2(C)[C@@H](O)CC[C@H]2[C@@H]2CC[C@H]3CC(=O)CC[C@]3(C)[C@@H]12. The van der Waals surface area contributed by atoms with Crippen LogP contribution in [0.4, 0.5) is 0 Å². The van der Waals surface area contributed by atoms with Crippen molar-refractivity contribution in [2.75, 3.05) is 14.1 Å². The van der Waals surface area contributed by atoms with E-state index >= 15 is 0 Å². The van der Waals surface area contributed by atoms with E-state index in [9.17, 15) is 14.7 Å². The highest BCUT2D eigenvalue weighted by atomic mass is 16.3. The maximum Gasteiger partial charge on any atom is 0.222 e. The molecule has 4 saturated carbocycles. The van der Waals surface area contributed by atoms with Crippen LogP contribution in [0.15, 0.2) is 0 Å². The summed E-state index contributed by atoms with van der Waals surface area (Å²) in [6, 6.07) is 0. The zero-order valence-electron chi connectivity index (χ0n) is 22.5. The molecule has 4 rings (SSSR count). The lowest BCUT2D eigenvalue weighted by molar-refractivity contribution is -0.159. The Labute approximate surface area is 208 Å². The molecule has 4 fully saturated rings.